The monoisotopic (exact) mass is 473 g/mol. The Kier molecular flexibility index (Phi) is 6.77. The van der Waals surface area contributed by atoms with Gasteiger partial charge >= 0.3 is 6.18 Å². The van der Waals surface area contributed by atoms with Crippen LogP contribution < -0.4 is 9.47 Å². The lowest BCUT2D eigenvalue weighted by atomic mass is 10.0. The normalized spacial score (nSPS) is 13.4. The van der Waals surface area contributed by atoms with Crippen molar-refractivity contribution in [3.63, 3.8) is 0 Å². The van der Waals surface area contributed by atoms with Gasteiger partial charge < -0.3 is 14.4 Å². The molecule has 178 valence electrons. The fraction of sp³-hybridized carbons (Fsp3) is 0.269. The van der Waals surface area contributed by atoms with Crippen LogP contribution in [0.5, 0.6) is 11.5 Å². The van der Waals surface area contributed by atoms with Gasteiger partial charge in [-0.3, -0.25) is 4.79 Å². The molecule has 0 N–H and O–H groups in total. The van der Waals surface area contributed by atoms with Crippen LogP contribution in [-0.2, 0) is 19.3 Å². The summed E-state index contributed by atoms with van der Waals surface area (Å²) in [6.07, 6.45) is -3.12. The number of benzene rings is 3. The van der Waals surface area contributed by atoms with Gasteiger partial charge in [0.05, 0.1) is 18.2 Å². The quantitative estimate of drug-likeness (QED) is 0.364. The van der Waals surface area contributed by atoms with E-state index in [2.05, 4.69) is 0 Å². The minimum atomic E-state index is -4.62. The highest BCUT2D eigenvalue weighted by Crippen LogP contribution is 2.36. The van der Waals surface area contributed by atoms with Gasteiger partial charge in [-0.05, 0) is 60.4 Å². The van der Waals surface area contributed by atoms with Crippen molar-refractivity contribution in [2.75, 3.05) is 7.11 Å². The summed E-state index contributed by atoms with van der Waals surface area (Å²) in [6.45, 7) is 0.348. The van der Waals surface area contributed by atoms with E-state index in [9.17, 15) is 22.4 Å². The number of amides is 1. The number of halogens is 4. The maximum absolute atomic E-state index is 13.5. The Morgan fingerprint density at radius 3 is 2.29 bits per heavy atom. The van der Waals surface area contributed by atoms with E-state index in [-0.39, 0.29) is 30.6 Å². The van der Waals surface area contributed by atoms with Gasteiger partial charge in [0, 0.05) is 12.6 Å². The number of carbonyl (C=O) groups excluding carboxylic acids is 1. The van der Waals surface area contributed by atoms with Gasteiger partial charge in [-0.2, -0.15) is 13.2 Å². The zero-order chi connectivity index (χ0) is 24.3. The summed E-state index contributed by atoms with van der Waals surface area (Å²) < 4.78 is 64.7. The average molecular weight is 473 g/mol. The van der Waals surface area contributed by atoms with Crippen LogP contribution >= 0.6 is 0 Å². The van der Waals surface area contributed by atoms with Crippen molar-refractivity contribution in [3.8, 4) is 11.5 Å². The summed E-state index contributed by atoms with van der Waals surface area (Å²) in [5, 5.41) is 0. The van der Waals surface area contributed by atoms with Crippen LogP contribution in [0.1, 0.15) is 39.9 Å². The molecule has 0 saturated heterocycles. The molecular weight excluding hydrogens is 450 g/mol. The van der Waals surface area contributed by atoms with Gasteiger partial charge in [-0.15, -0.1) is 0 Å². The lowest BCUT2D eigenvalue weighted by Gasteiger charge is -2.25. The summed E-state index contributed by atoms with van der Waals surface area (Å²) in [5.41, 5.74) is 0.193. The van der Waals surface area contributed by atoms with Crippen LogP contribution in [0.25, 0.3) is 0 Å². The first kappa shape index (κ1) is 23.6. The van der Waals surface area contributed by atoms with E-state index in [0.29, 0.717) is 17.1 Å². The van der Waals surface area contributed by atoms with Gasteiger partial charge in [0.1, 0.15) is 12.4 Å². The molecule has 3 aromatic rings. The summed E-state index contributed by atoms with van der Waals surface area (Å²) in [4.78, 5) is 14.6. The molecular formula is C26H23F4NO3. The molecule has 0 bridgehead atoms. The zero-order valence-corrected chi connectivity index (χ0v) is 18.4. The van der Waals surface area contributed by atoms with E-state index in [0.717, 1.165) is 24.5 Å². The number of nitrogens with zero attached hydrogens (tertiary/aromatic N) is 1. The molecule has 1 amide bonds. The standard InChI is InChI=1S/C26H23F4NO3/c1-33-24-14-18(8-13-23(24)34-16-17-6-9-19(27)10-7-17)15-31(20-11-12-20)25(32)21-4-2-3-5-22(21)26(28,29)30/h2-10,13-14,20H,11-12,15-16H2,1H3. The first-order valence-corrected chi connectivity index (χ1v) is 10.8. The second kappa shape index (κ2) is 9.75. The smallest absolute Gasteiger partial charge is 0.417 e. The number of methoxy groups -OCH3 is 1. The minimum Gasteiger partial charge on any atom is -0.493 e. The molecule has 0 radical (unpaired) electrons. The number of alkyl halides is 3. The largest absolute Gasteiger partial charge is 0.493 e. The Labute approximate surface area is 194 Å². The number of hydrogen-bond acceptors (Lipinski definition) is 3. The van der Waals surface area contributed by atoms with E-state index in [1.54, 1.807) is 30.3 Å². The third kappa shape index (κ3) is 5.50. The highest BCUT2D eigenvalue weighted by atomic mass is 19.4. The van der Waals surface area contributed by atoms with Crippen molar-refractivity contribution in [1.82, 2.24) is 4.90 Å². The van der Waals surface area contributed by atoms with Gasteiger partial charge in [0.2, 0.25) is 0 Å². The van der Waals surface area contributed by atoms with Crippen molar-refractivity contribution >= 4 is 5.91 Å². The van der Waals surface area contributed by atoms with Crippen molar-refractivity contribution in [1.29, 1.82) is 0 Å². The molecule has 0 aromatic heterocycles. The van der Waals surface area contributed by atoms with Crippen LogP contribution in [0.15, 0.2) is 66.7 Å². The van der Waals surface area contributed by atoms with Crippen LogP contribution in [0.3, 0.4) is 0 Å². The third-order valence-corrected chi connectivity index (χ3v) is 5.60. The van der Waals surface area contributed by atoms with Crippen molar-refractivity contribution in [2.45, 2.75) is 38.2 Å². The molecule has 4 rings (SSSR count). The van der Waals surface area contributed by atoms with E-state index in [4.69, 9.17) is 9.47 Å². The Bertz CT molecular complexity index is 1160. The third-order valence-electron chi connectivity index (χ3n) is 5.60. The minimum absolute atomic E-state index is 0.103. The molecule has 0 aliphatic heterocycles. The molecule has 8 heteroatoms. The Morgan fingerprint density at radius 2 is 1.65 bits per heavy atom. The maximum Gasteiger partial charge on any atom is 0.417 e. The molecule has 1 aliphatic rings. The molecule has 4 nitrogen and oxygen atoms in total. The van der Waals surface area contributed by atoms with E-state index in [1.807, 2.05) is 0 Å². The fourth-order valence-corrected chi connectivity index (χ4v) is 3.69. The summed E-state index contributed by atoms with van der Waals surface area (Å²) in [7, 11) is 1.48. The predicted molar refractivity (Wildman–Crippen MR) is 118 cm³/mol. The second-order valence-corrected chi connectivity index (χ2v) is 8.11. The lowest BCUT2D eigenvalue weighted by molar-refractivity contribution is -0.138. The Hall–Kier alpha value is -3.55. The zero-order valence-electron chi connectivity index (χ0n) is 18.4. The maximum atomic E-state index is 13.5. The molecule has 1 fully saturated rings. The summed E-state index contributed by atoms with van der Waals surface area (Å²) in [5.74, 6) is -0.0925. The van der Waals surface area contributed by atoms with Crippen LogP contribution in [-0.4, -0.2) is 24.0 Å². The molecule has 0 heterocycles. The van der Waals surface area contributed by atoms with Crippen molar-refractivity contribution < 1.29 is 31.8 Å². The summed E-state index contributed by atoms with van der Waals surface area (Å²) >= 11 is 0. The number of ether oxygens (including phenoxy) is 2. The first-order valence-electron chi connectivity index (χ1n) is 10.8. The highest BCUT2D eigenvalue weighted by Gasteiger charge is 2.39. The van der Waals surface area contributed by atoms with Crippen LogP contribution in [0, 0.1) is 5.82 Å². The van der Waals surface area contributed by atoms with Crippen LogP contribution in [0.4, 0.5) is 17.6 Å². The highest BCUT2D eigenvalue weighted by molar-refractivity contribution is 5.96. The number of hydrogen-bond donors (Lipinski definition) is 0. The molecule has 0 unspecified atom stereocenters. The molecule has 0 atom stereocenters. The molecule has 3 aromatic carbocycles. The SMILES string of the molecule is COc1cc(CN(C(=O)c2ccccc2C(F)(F)F)C2CC2)ccc1OCc1ccc(F)cc1. The van der Waals surface area contributed by atoms with Crippen molar-refractivity contribution in [3.05, 3.63) is 94.8 Å². The average Bonchev–Trinajstić information content (AvgIpc) is 3.67. The topological polar surface area (TPSA) is 38.8 Å². The van der Waals surface area contributed by atoms with E-state index >= 15 is 0 Å². The summed E-state index contributed by atoms with van der Waals surface area (Å²) in [6, 6.07) is 15.8. The van der Waals surface area contributed by atoms with Gasteiger partial charge in [-0.1, -0.05) is 30.3 Å². The second-order valence-electron chi connectivity index (χ2n) is 8.11. The Balaban J connectivity index is 1.52. The van der Waals surface area contributed by atoms with Gasteiger partial charge in [0.25, 0.3) is 5.91 Å². The fourth-order valence-electron chi connectivity index (χ4n) is 3.69. The lowest BCUT2D eigenvalue weighted by Crippen LogP contribution is -2.34. The number of rotatable bonds is 8. The van der Waals surface area contributed by atoms with Crippen molar-refractivity contribution in [2.24, 2.45) is 0 Å². The Morgan fingerprint density at radius 1 is 0.971 bits per heavy atom. The van der Waals surface area contributed by atoms with Gasteiger partial charge in [-0.25, -0.2) is 4.39 Å². The first-order chi connectivity index (χ1) is 16.3. The van der Waals surface area contributed by atoms with E-state index in [1.165, 1.54) is 42.3 Å². The molecule has 1 aliphatic carbocycles. The predicted octanol–water partition coefficient (Wildman–Crippen LogP) is 6.24. The van der Waals surface area contributed by atoms with Crippen LogP contribution in [0.2, 0.25) is 0 Å². The number of carbonyl (C=O) groups is 1. The van der Waals surface area contributed by atoms with E-state index < -0.39 is 17.6 Å². The van der Waals surface area contributed by atoms with Gasteiger partial charge in [0.15, 0.2) is 11.5 Å². The molecule has 1 saturated carbocycles. The molecule has 0 spiro atoms. The molecule has 34 heavy (non-hydrogen) atoms.